The van der Waals surface area contributed by atoms with Gasteiger partial charge in [0.1, 0.15) is 0 Å². The molecule has 0 N–H and O–H groups in total. The molecule has 2 aliphatic rings. The van der Waals surface area contributed by atoms with Crippen LogP contribution >= 0.6 is 34.0 Å². The Morgan fingerprint density at radius 1 is 0.460 bits per heavy atom. The Labute approximate surface area is 300 Å². The first-order valence-corrected chi connectivity index (χ1v) is 19.5. The van der Waals surface area contributed by atoms with E-state index in [9.17, 15) is 0 Å². The molecule has 0 bridgehead atoms. The maximum Gasteiger partial charge on any atom is 0.0785 e. The Bertz CT molecular complexity index is 2970. The zero-order valence-electron chi connectivity index (χ0n) is 26.6. The van der Waals surface area contributed by atoms with Crippen LogP contribution < -0.4 is 4.90 Å². The third kappa shape index (κ3) is 3.28. The third-order valence-corrected chi connectivity index (χ3v) is 14.2. The van der Waals surface area contributed by atoms with Crippen molar-refractivity contribution in [3.05, 3.63) is 179 Å². The van der Waals surface area contributed by atoms with Crippen molar-refractivity contribution in [2.45, 2.75) is 5.41 Å². The maximum atomic E-state index is 2.55. The standard InChI is InChI=1S/C45H26N2S3/c1-2-10-27(11-3-1)46-36-15-7-4-12-29(36)32-26-28(18-20-37(32)46)47-38-16-8-6-14-33(38)45(34-22-24-48-43(34)44-35(45)23-25-49-44)41-39(47)21-19-31-30-13-5-9-17-40(30)50-42(31)41/h1-26H. The van der Waals surface area contributed by atoms with Crippen molar-refractivity contribution in [1.82, 2.24) is 4.57 Å². The van der Waals surface area contributed by atoms with Gasteiger partial charge in [0.05, 0.1) is 27.8 Å². The predicted octanol–water partition coefficient (Wildman–Crippen LogP) is 13.4. The Morgan fingerprint density at radius 3 is 2.00 bits per heavy atom. The van der Waals surface area contributed by atoms with Gasteiger partial charge >= 0.3 is 0 Å². The number of aromatic nitrogens is 1. The number of hydrogen-bond acceptors (Lipinski definition) is 4. The minimum Gasteiger partial charge on any atom is -0.310 e. The van der Waals surface area contributed by atoms with E-state index < -0.39 is 5.41 Å². The van der Waals surface area contributed by atoms with Crippen LogP contribution in [0.25, 0.3) is 57.4 Å². The highest BCUT2D eigenvalue weighted by atomic mass is 32.1. The van der Waals surface area contributed by atoms with Gasteiger partial charge in [-0.2, -0.15) is 0 Å². The van der Waals surface area contributed by atoms with Gasteiger partial charge in [-0.05, 0) is 94.2 Å². The molecule has 0 radical (unpaired) electrons. The van der Waals surface area contributed by atoms with Gasteiger partial charge < -0.3 is 9.47 Å². The van der Waals surface area contributed by atoms with Crippen molar-refractivity contribution >= 4 is 93.1 Å². The van der Waals surface area contributed by atoms with Gasteiger partial charge in [-0.25, -0.2) is 0 Å². The second-order valence-electron chi connectivity index (χ2n) is 13.3. The van der Waals surface area contributed by atoms with Crippen LogP contribution in [0.3, 0.4) is 0 Å². The van der Waals surface area contributed by atoms with E-state index in [2.05, 4.69) is 166 Å². The molecular formula is C45H26N2S3. The monoisotopic (exact) mass is 690 g/mol. The van der Waals surface area contributed by atoms with E-state index in [0.29, 0.717) is 0 Å². The van der Waals surface area contributed by atoms with Gasteiger partial charge in [0.2, 0.25) is 0 Å². The highest BCUT2D eigenvalue weighted by Crippen LogP contribution is 2.67. The average molecular weight is 691 g/mol. The van der Waals surface area contributed by atoms with Gasteiger partial charge in [-0.3, -0.25) is 0 Å². The predicted molar refractivity (Wildman–Crippen MR) is 215 cm³/mol. The number of fused-ring (bicyclic) bond motifs is 16. The quantitative estimate of drug-likeness (QED) is 0.175. The molecule has 6 aromatic carbocycles. The number of thiophene rings is 3. The molecule has 0 atom stereocenters. The summed E-state index contributed by atoms with van der Waals surface area (Å²) in [6, 6.07) is 54.3. The molecule has 0 unspecified atom stereocenters. The van der Waals surface area contributed by atoms with Crippen LogP contribution in [0.15, 0.2) is 156 Å². The summed E-state index contributed by atoms with van der Waals surface area (Å²) in [7, 11) is 0. The van der Waals surface area contributed by atoms with Gasteiger partial charge in [0.25, 0.3) is 0 Å². The number of anilines is 3. The Morgan fingerprint density at radius 2 is 1.16 bits per heavy atom. The lowest BCUT2D eigenvalue weighted by molar-refractivity contribution is 0.765. The fourth-order valence-corrected chi connectivity index (χ4v) is 12.5. The summed E-state index contributed by atoms with van der Waals surface area (Å²) < 4.78 is 5.11. The SMILES string of the molecule is c1ccc(-n2c3ccccc3c3cc(N4c5ccccc5C5(c6ccsc6-c6sccc65)c5c4ccc4c5sc5ccccc54)ccc32)cc1. The van der Waals surface area contributed by atoms with Gasteiger partial charge in [-0.1, -0.05) is 78.9 Å². The van der Waals surface area contributed by atoms with E-state index in [-0.39, 0.29) is 0 Å². The summed E-state index contributed by atoms with van der Waals surface area (Å²) in [4.78, 5) is 5.37. The molecule has 1 aliphatic carbocycles. The molecule has 1 aliphatic heterocycles. The molecule has 10 aromatic rings. The van der Waals surface area contributed by atoms with E-state index in [0.717, 1.165) is 0 Å². The molecule has 4 aromatic heterocycles. The topological polar surface area (TPSA) is 8.17 Å². The number of hydrogen-bond donors (Lipinski definition) is 0. The summed E-state index contributed by atoms with van der Waals surface area (Å²) in [5.41, 5.74) is 12.5. The summed E-state index contributed by atoms with van der Waals surface area (Å²) in [5.74, 6) is 0. The highest BCUT2D eigenvalue weighted by Gasteiger charge is 2.54. The van der Waals surface area contributed by atoms with E-state index in [1.165, 1.54) is 96.7 Å². The van der Waals surface area contributed by atoms with Gasteiger partial charge in [0, 0.05) is 57.6 Å². The Balaban J connectivity index is 1.21. The lowest BCUT2D eigenvalue weighted by Crippen LogP contribution is -2.36. The van der Waals surface area contributed by atoms with Crippen LogP contribution in [0.4, 0.5) is 17.1 Å². The number of rotatable bonds is 2. The second-order valence-corrected chi connectivity index (χ2v) is 16.1. The molecular weight excluding hydrogens is 665 g/mol. The van der Waals surface area contributed by atoms with Crippen LogP contribution in [0.5, 0.6) is 0 Å². The van der Waals surface area contributed by atoms with Crippen molar-refractivity contribution in [2.24, 2.45) is 0 Å². The smallest absolute Gasteiger partial charge is 0.0785 e. The minimum atomic E-state index is -0.402. The summed E-state index contributed by atoms with van der Waals surface area (Å²) in [5, 5.41) is 9.78. The first-order chi connectivity index (χ1) is 24.8. The normalized spacial score (nSPS) is 14.1. The molecule has 12 rings (SSSR count). The van der Waals surface area contributed by atoms with E-state index in [4.69, 9.17) is 0 Å². The summed E-state index contributed by atoms with van der Waals surface area (Å²) in [6.45, 7) is 0. The largest absolute Gasteiger partial charge is 0.310 e. The van der Waals surface area contributed by atoms with Crippen LogP contribution in [0.1, 0.15) is 22.3 Å². The van der Waals surface area contributed by atoms with Crippen LogP contribution in [0, 0.1) is 0 Å². The number of para-hydroxylation sites is 3. The fraction of sp³-hybridized carbons (Fsp3) is 0.0222. The van der Waals surface area contributed by atoms with Crippen molar-refractivity contribution in [1.29, 1.82) is 0 Å². The molecule has 50 heavy (non-hydrogen) atoms. The zero-order chi connectivity index (χ0) is 32.6. The minimum absolute atomic E-state index is 0.402. The van der Waals surface area contributed by atoms with E-state index in [1.54, 1.807) is 0 Å². The molecule has 0 saturated carbocycles. The fourth-order valence-electron chi connectivity index (χ4n) is 9.08. The maximum absolute atomic E-state index is 2.55. The third-order valence-electron chi connectivity index (χ3n) is 11.0. The molecule has 0 saturated heterocycles. The van der Waals surface area contributed by atoms with Crippen LogP contribution in [-0.2, 0) is 5.41 Å². The van der Waals surface area contributed by atoms with Gasteiger partial charge in [0.15, 0.2) is 0 Å². The van der Waals surface area contributed by atoms with Crippen molar-refractivity contribution < 1.29 is 0 Å². The second kappa shape index (κ2) is 9.83. The Kier molecular flexibility index (Phi) is 5.38. The van der Waals surface area contributed by atoms with E-state index >= 15 is 0 Å². The van der Waals surface area contributed by atoms with Crippen molar-refractivity contribution in [2.75, 3.05) is 4.90 Å². The zero-order valence-corrected chi connectivity index (χ0v) is 29.1. The first kappa shape index (κ1) is 27.4. The highest BCUT2D eigenvalue weighted by molar-refractivity contribution is 7.26. The first-order valence-electron chi connectivity index (χ1n) is 16.9. The molecule has 5 heteroatoms. The van der Waals surface area contributed by atoms with Crippen molar-refractivity contribution in [3.63, 3.8) is 0 Å². The van der Waals surface area contributed by atoms with Crippen LogP contribution in [0.2, 0.25) is 0 Å². The average Bonchev–Trinajstić information content (AvgIpc) is 4.00. The molecule has 234 valence electrons. The summed E-state index contributed by atoms with van der Waals surface area (Å²) in [6.07, 6.45) is 0. The van der Waals surface area contributed by atoms with Crippen LogP contribution in [-0.4, -0.2) is 4.57 Å². The van der Waals surface area contributed by atoms with Gasteiger partial charge in [-0.15, -0.1) is 34.0 Å². The molecule has 0 fully saturated rings. The lowest BCUT2D eigenvalue weighted by atomic mass is 9.65. The molecule has 5 heterocycles. The van der Waals surface area contributed by atoms with E-state index in [1.807, 2.05) is 34.0 Å². The Hall–Kier alpha value is -5.46. The molecule has 1 spiro atoms. The number of benzene rings is 6. The lowest BCUT2D eigenvalue weighted by Gasteiger charge is -2.44. The number of nitrogens with zero attached hydrogens (tertiary/aromatic N) is 2. The molecule has 2 nitrogen and oxygen atoms in total. The van der Waals surface area contributed by atoms with Crippen molar-refractivity contribution in [3.8, 4) is 15.4 Å². The summed E-state index contributed by atoms with van der Waals surface area (Å²) >= 11 is 5.72. The molecule has 0 amide bonds.